The number of hydrogen-bond donors (Lipinski definition) is 1. The number of hydrogen-bond acceptors (Lipinski definition) is 7. The quantitative estimate of drug-likeness (QED) is 0.198. The first-order valence-corrected chi connectivity index (χ1v) is 14.4. The first-order chi connectivity index (χ1) is 17.5. The van der Waals surface area contributed by atoms with Crippen LogP contribution in [-0.2, 0) is 13.5 Å². The molecular weight excluding hydrogens is 484 g/mol. The molecule has 1 aliphatic heterocycles. The van der Waals surface area contributed by atoms with Crippen molar-refractivity contribution in [2.24, 2.45) is 13.0 Å². The van der Waals surface area contributed by atoms with Crippen LogP contribution in [0.4, 0.5) is 5.69 Å². The average Bonchev–Trinajstić information content (AvgIpc) is 3.35. The van der Waals surface area contributed by atoms with Gasteiger partial charge in [0.2, 0.25) is 0 Å². The fourth-order valence-electron chi connectivity index (χ4n) is 5.13. The van der Waals surface area contributed by atoms with Crippen LogP contribution in [0, 0.1) is 19.8 Å². The van der Waals surface area contributed by atoms with Crippen LogP contribution in [0.2, 0.25) is 0 Å². The van der Waals surface area contributed by atoms with Crippen LogP contribution in [0.15, 0.2) is 47.6 Å². The Kier molecular flexibility index (Phi) is 6.39. The van der Waals surface area contributed by atoms with Crippen LogP contribution in [0.5, 0.6) is 0 Å². The Labute approximate surface area is 219 Å². The van der Waals surface area contributed by atoms with Gasteiger partial charge in [-0.3, -0.25) is 4.98 Å². The molecule has 3 aromatic heterocycles. The number of thioether (sulfide) groups is 1. The van der Waals surface area contributed by atoms with Gasteiger partial charge in [-0.05, 0) is 75.3 Å². The van der Waals surface area contributed by atoms with Crippen molar-refractivity contribution in [3.8, 4) is 11.4 Å². The average molecular weight is 515 g/mol. The van der Waals surface area contributed by atoms with Crippen molar-refractivity contribution >= 4 is 49.9 Å². The highest BCUT2D eigenvalue weighted by atomic mass is 32.2. The van der Waals surface area contributed by atoms with Crippen molar-refractivity contribution in [3.05, 3.63) is 58.7 Å². The van der Waals surface area contributed by atoms with Crippen molar-refractivity contribution in [2.45, 2.75) is 44.7 Å². The van der Waals surface area contributed by atoms with Gasteiger partial charge in [0.05, 0.1) is 20.7 Å². The Hall–Kier alpha value is -2.97. The molecule has 0 fully saturated rings. The molecule has 6 rings (SSSR count). The number of nitrogens with one attached hydrogen (secondary N) is 1. The van der Waals surface area contributed by atoms with E-state index in [4.69, 9.17) is 0 Å². The lowest BCUT2D eigenvalue weighted by Crippen LogP contribution is -2.12. The van der Waals surface area contributed by atoms with Gasteiger partial charge in [-0.1, -0.05) is 30.0 Å². The number of fused-ring (bicyclic) bond motifs is 3. The van der Waals surface area contributed by atoms with Crippen LogP contribution < -0.4 is 5.32 Å². The monoisotopic (exact) mass is 514 g/mol. The molecule has 184 valence electrons. The minimum Gasteiger partial charge on any atom is -0.385 e. The van der Waals surface area contributed by atoms with Gasteiger partial charge in [-0.25, -0.2) is 4.98 Å². The van der Waals surface area contributed by atoms with Crippen LogP contribution in [0.3, 0.4) is 0 Å². The fourth-order valence-corrected chi connectivity index (χ4v) is 6.85. The second-order valence-electron chi connectivity index (χ2n) is 9.68. The number of anilines is 1. The standard InChI is InChI=1S/C28H30N6S2/c1-17-9-12-21-22(7-4-8-23(21)30-17)27-32-33-28(34(27)3)35-13-5-6-19-10-11-20-14-25-26(36-18(2)31-25)15-24(20)29-16-19/h4,7-9,12,14-15,19,29H,5-6,10-11,13,16H2,1-3H3. The van der Waals surface area contributed by atoms with Crippen LogP contribution >= 0.6 is 23.1 Å². The zero-order valence-corrected chi connectivity index (χ0v) is 22.5. The van der Waals surface area contributed by atoms with E-state index >= 15 is 0 Å². The molecule has 0 bridgehead atoms. The first kappa shape index (κ1) is 23.4. The summed E-state index contributed by atoms with van der Waals surface area (Å²) in [5.74, 6) is 2.63. The summed E-state index contributed by atoms with van der Waals surface area (Å²) in [5.41, 5.74) is 6.95. The smallest absolute Gasteiger partial charge is 0.191 e. The van der Waals surface area contributed by atoms with Crippen LogP contribution in [-0.4, -0.2) is 37.0 Å². The third-order valence-corrected chi connectivity index (χ3v) is 9.10. The maximum absolute atomic E-state index is 4.68. The number of benzene rings is 2. The molecule has 0 spiro atoms. The fraction of sp³-hybridized carbons (Fsp3) is 0.357. The van der Waals surface area contributed by atoms with Crippen molar-refractivity contribution in [1.29, 1.82) is 0 Å². The molecule has 36 heavy (non-hydrogen) atoms. The molecule has 5 aromatic rings. The predicted octanol–water partition coefficient (Wildman–Crippen LogP) is 6.80. The summed E-state index contributed by atoms with van der Waals surface area (Å²) in [7, 11) is 2.06. The van der Waals surface area contributed by atoms with Crippen molar-refractivity contribution in [2.75, 3.05) is 17.6 Å². The van der Waals surface area contributed by atoms with Crippen LogP contribution in [0.1, 0.15) is 35.5 Å². The molecule has 0 saturated carbocycles. The van der Waals surface area contributed by atoms with Gasteiger partial charge in [0.15, 0.2) is 11.0 Å². The van der Waals surface area contributed by atoms with E-state index < -0.39 is 0 Å². The SMILES string of the molecule is Cc1ccc2c(-c3nnc(SCCCC4CCc5cc6nc(C)sc6cc5NC4)n3C)cccc2n1. The topological polar surface area (TPSA) is 68.5 Å². The molecular formula is C28H30N6S2. The highest BCUT2D eigenvalue weighted by molar-refractivity contribution is 7.99. The van der Waals surface area contributed by atoms with Crippen molar-refractivity contribution in [1.82, 2.24) is 24.7 Å². The maximum Gasteiger partial charge on any atom is 0.191 e. The van der Waals surface area contributed by atoms with Gasteiger partial charge in [0.1, 0.15) is 0 Å². The molecule has 1 aliphatic rings. The Balaban J connectivity index is 1.06. The minimum atomic E-state index is 0.687. The zero-order chi connectivity index (χ0) is 24.6. The highest BCUT2D eigenvalue weighted by Gasteiger charge is 2.18. The molecule has 4 heterocycles. The zero-order valence-electron chi connectivity index (χ0n) is 20.9. The number of aromatic nitrogens is 5. The molecule has 0 radical (unpaired) electrons. The highest BCUT2D eigenvalue weighted by Crippen LogP contribution is 2.33. The second-order valence-corrected chi connectivity index (χ2v) is 12.0. The second kappa shape index (κ2) is 9.82. The lowest BCUT2D eigenvalue weighted by molar-refractivity contribution is 0.476. The molecule has 0 saturated heterocycles. The van der Waals surface area contributed by atoms with E-state index in [-0.39, 0.29) is 0 Å². The summed E-state index contributed by atoms with van der Waals surface area (Å²) in [6, 6.07) is 15.0. The number of pyridine rings is 1. The van der Waals surface area contributed by atoms with E-state index in [2.05, 4.69) is 80.4 Å². The number of thiazole rings is 1. The Morgan fingerprint density at radius 3 is 2.92 bits per heavy atom. The van der Waals surface area contributed by atoms with Gasteiger partial charge in [-0.2, -0.15) is 0 Å². The third-order valence-electron chi connectivity index (χ3n) is 7.06. The molecule has 1 unspecified atom stereocenters. The molecule has 1 atom stereocenters. The maximum atomic E-state index is 4.68. The van der Waals surface area contributed by atoms with Gasteiger partial charge in [0, 0.05) is 41.7 Å². The summed E-state index contributed by atoms with van der Waals surface area (Å²) >= 11 is 3.58. The molecule has 0 amide bonds. The summed E-state index contributed by atoms with van der Waals surface area (Å²) in [6.07, 6.45) is 4.74. The van der Waals surface area contributed by atoms with E-state index in [1.54, 1.807) is 23.1 Å². The van der Waals surface area contributed by atoms with E-state index in [0.717, 1.165) is 62.4 Å². The van der Waals surface area contributed by atoms with Gasteiger partial charge in [-0.15, -0.1) is 21.5 Å². The van der Waals surface area contributed by atoms with Crippen LogP contribution in [0.25, 0.3) is 32.5 Å². The Morgan fingerprint density at radius 2 is 2.00 bits per heavy atom. The molecule has 8 heteroatoms. The van der Waals surface area contributed by atoms with Gasteiger partial charge in [0.25, 0.3) is 0 Å². The minimum absolute atomic E-state index is 0.687. The van der Waals surface area contributed by atoms with E-state index in [1.165, 1.54) is 35.2 Å². The number of nitrogens with zero attached hydrogens (tertiary/aromatic N) is 5. The summed E-state index contributed by atoms with van der Waals surface area (Å²) < 4.78 is 3.40. The number of aryl methyl sites for hydroxylation is 3. The van der Waals surface area contributed by atoms with Gasteiger partial charge < -0.3 is 9.88 Å². The molecule has 0 aliphatic carbocycles. The van der Waals surface area contributed by atoms with E-state index in [9.17, 15) is 0 Å². The third kappa shape index (κ3) is 4.60. The summed E-state index contributed by atoms with van der Waals surface area (Å²) in [4.78, 5) is 9.35. The predicted molar refractivity (Wildman–Crippen MR) is 151 cm³/mol. The van der Waals surface area contributed by atoms with E-state index in [0.29, 0.717) is 5.92 Å². The first-order valence-electron chi connectivity index (χ1n) is 12.6. The Morgan fingerprint density at radius 1 is 1.08 bits per heavy atom. The lowest BCUT2D eigenvalue weighted by atomic mass is 9.97. The lowest BCUT2D eigenvalue weighted by Gasteiger charge is -2.14. The normalized spacial score (nSPS) is 15.7. The number of rotatable bonds is 6. The molecule has 6 nitrogen and oxygen atoms in total. The largest absolute Gasteiger partial charge is 0.385 e. The van der Waals surface area contributed by atoms with Crippen molar-refractivity contribution in [3.63, 3.8) is 0 Å². The van der Waals surface area contributed by atoms with Crippen molar-refractivity contribution < 1.29 is 0 Å². The van der Waals surface area contributed by atoms with E-state index in [1.807, 2.05) is 13.0 Å². The molecule has 2 aromatic carbocycles. The Bertz CT molecular complexity index is 1510. The van der Waals surface area contributed by atoms with Gasteiger partial charge >= 0.3 is 0 Å². The summed E-state index contributed by atoms with van der Waals surface area (Å²) in [5, 5.41) is 16.0. The molecule has 1 N–H and O–H groups in total. The summed E-state index contributed by atoms with van der Waals surface area (Å²) in [6.45, 7) is 5.15.